The van der Waals surface area contributed by atoms with Gasteiger partial charge in [-0.3, -0.25) is 4.79 Å². The summed E-state index contributed by atoms with van der Waals surface area (Å²) in [4.78, 5) is 15.1. The predicted octanol–water partition coefficient (Wildman–Crippen LogP) is 1.13. The van der Waals surface area contributed by atoms with Crippen LogP contribution in [0.1, 0.15) is 18.2 Å². The second-order valence-electron chi connectivity index (χ2n) is 3.72. The Morgan fingerprint density at radius 3 is 2.60 bits per heavy atom. The average molecular weight is 293 g/mol. The second kappa shape index (κ2) is 6.42. The molecule has 0 atom stereocenters. The van der Waals surface area contributed by atoms with Crippen LogP contribution in [0.4, 0.5) is 19.0 Å². The van der Waals surface area contributed by atoms with Crippen molar-refractivity contribution in [2.45, 2.75) is 26.3 Å². The highest BCUT2D eigenvalue weighted by Crippen LogP contribution is 2.30. The molecule has 0 amide bonds. The third kappa shape index (κ3) is 4.57. The number of alkyl halides is 3. The third-order valence-electron chi connectivity index (χ3n) is 2.19. The maximum Gasteiger partial charge on any atom is 0.573 e. The van der Waals surface area contributed by atoms with E-state index in [9.17, 15) is 18.0 Å². The molecule has 0 bridgehead atoms. The van der Waals surface area contributed by atoms with E-state index in [1.54, 1.807) is 6.92 Å². The van der Waals surface area contributed by atoms with Crippen LogP contribution < -0.4 is 16.2 Å². The number of nitrogens with zero attached hydrogens (tertiary/aromatic N) is 1. The minimum atomic E-state index is -4.93. The summed E-state index contributed by atoms with van der Waals surface area (Å²) in [5, 5.41) is 0. The first-order chi connectivity index (χ1) is 9.26. The monoisotopic (exact) mass is 293 g/mol. The van der Waals surface area contributed by atoms with E-state index in [2.05, 4.69) is 14.5 Å². The fourth-order valence-corrected chi connectivity index (χ4v) is 1.53. The summed E-state index contributed by atoms with van der Waals surface area (Å²) >= 11 is 0. The molecule has 0 aliphatic carbocycles. The number of nitrogen functional groups attached to an aromatic ring is 1. The molecule has 0 aromatic carbocycles. The van der Waals surface area contributed by atoms with Gasteiger partial charge in [-0.15, -0.1) is 13.2 Å². The molecule has 9 heteroatoms. The van der Waals surface area contributed by atoms with E-state index in [1.165, 1.54) is 0 Å². The first kappa shape index (κ1) is 16.0. The van der Waals surface area contributed by atoms with Gasteiger partial charge in [0.2, 0.25) is 0 Å². The summed E-state index contributed by atoms with van der Waals surface area (Å²) in [6, 6.07) is 1.16. The van der Waals surface area contributed by atoms with Gasteiger partial charge in [-0.05, 0) is 13.0 Å². The lowest BCUT2D eigenvalue weighted by molar-refractivity contribution is -0.275. The molecule has 0 aliphatic heterocycles. The number of halogens is 3. The molecule has 0 saturated heterocycles. The van der Waals surface area contributed by atoms with E-state index in [0.717, 1.165) is 6.07 Å². The Kier molecular flexibility index (Phi) is 5.14. The number of anilines is 1. The van der Waals surface area contributed by atoms with Crippen molar-refractivity contribution < 1.29 is 27.4 Å². The van der Waals surface area contributed by atoms with Gasteiger partial charge in [-0.2, -0.15) is 0 Å². The van der Waals surface area contributed by atoms with E-state index in [1.807, 2.05) is 0 Å². The Labute approximate surface area is 112 Å². The lowest BCUT2D eigenvalue weighted by atomic mass is 10.1. The standard InChI is InChI=1S/C11H14F3N3O3/c1-2-19-9(18)4-7-10(20-11(12,13)14)6(5-15)3-8(16)17-7/h3H,2,4-5,15H2,1H3,(H2,16,17). The number of ether oxygens (including phenoxy) is 2. The van der Waals surface area contributed by atoms with Gasteiger partial charge in [0, 0.05) is 12.1 Å². The van der Waals surface area contributed by atoms with Gasteiger partial charge in [-0.1, -0.05) is 0 Å². The molecule has 0 spiro atoms. The SMILES string of the molecule is CCOC(=O)Cc1nc(N)cc(CN)c1OC(F)(F)F. The van der Waals surface area contributed by atoms with Crippen LogP contribution in [0, 0.1) is 0 Å². The van der Waals surface area contributed by atoms with Gasteiger partial charge in [0.15, 0.2) is 5.75 Å². The van der Waals surface area contributed by atoms with Gasteiger partial charge in [0.25, 0.3) is 0 Å². The van der Waals surface area contributed by atoms with Crippen molar-refractivity contribution in [3.63, 3.8) is 0 Å². The van der Waals surface area contributed by atoms with Crippen molar-refractivity contribution in [3.8, 4) is 5.75 Å². The Morgan fingerprint density at radius 1 is 1.45 bits per heavy atom. The van der Waals surface area contributed by atoms with Gasteiger partial charge in [-0.25, -0.2) is 4.98 Å². The summed E-state index contributed by atoms with van der Waals surface area (Å²) in [6.45, 7) is 1.43. The van der Waals surface area contributed by atoms with Crippen LogP contribution in [0.3, 0.4) is 0 Å². The van der Waals surface area contributed by atoms with E-state index in [-0.39, 0.29) is 30.2 Å². The van der Waals surface area contributed by atoms with Crippen LogP contribution in [-0.4, -0.2) is 23.9 Å². The molecule has 20 heavy (non-hydrogen) atoms. The van der Waals surface area contributed by atoms with Crippen LogP contribution in [0.25, 0.3) is 0 Å². The van der Waals surface area contributed by atoms with E-state index >= 15 is 0 Å². The molecule has 4 N–H and O–H groups in total. The normalized spacial score (nSPS) is 11.2. The lowest BCUT2D eigenvalue weighted by Crippen LogP contribution is -2.22. The number of pyridine rings is 1. The van der Waals surface area contributed by atoms with Crippen LogP contribution >= 0.6 is 0 Å². The highest BCUT2D eigenvalue weighted by atomic mass is 19.4. The molecule has 6 nitrogen and oxygen atoms in total. The van der Waals surface area contributed by atoms with Crippen molar-refractivity contribution in [2.75, 3.05) is 12.3 Å². The van der Waals surface area contributed by atoms with Gasteiger partial charge in [0.1, 0.15) is 5.82 Å². The molecule has 0 fully saturated rings. The number of carbonyl (C=O) groups is 1. The number of carbonyl (C=O) groups excluding carboxylic acids is 1. The number of esters is 1. The molecule has 0 radical (unpaired) electrons. The molecule has 1 heterocycles. The minimum Gasteiger partial charge on any atom is -0.466 e. The Bertz CT molecular complexity index is 492. The predicted molar refractivity (Wildman–Crippen MR) is 63.6 cm³/mol. The average Bonchev–Trinajstić information content (AvgIpc) is 2.31. The van der Waals surface area contributed by atoms with E-state index in [4.69, 9.17) is 11.5 Å². The molecule has 0 aliphatic rings. The maximum absolute atomic E-state index is 12.4. The van der Waals surface area contributed by atoms with Crippen molar-refractivity contribution in [1.29, 1.82) is 0 Å². The van der Waals surface area contributed by atoms with Crippen molar-refractivity contribution in [2.24, 2.45) is 5.73 Å². The quantitative estimate of drug-likeness (QED) is 0.789. The third-order valence-corrected chi connectivity index (χ3v) is 2.19. The molecule has 0 unspecified atom stereocenters. The number of hydrogen-bond donors (Lipinski definition) is 2. The summed E-state index contributed by atoms with van der Waals surface area (Å²) in [7, 11) is 0. The fourth-order valence-electron chi connectivity index (χ4n) is 1.53. The van der Waals surface area contributed by atoms with Gasteiger partial charge < -0.3 is 20.9 Å². The molecule has 1 aromatic rings. The van der Waals surface area contributed by atoms with Crippen LogP contribution in [0.2, 0.25) is 0 Å². The largest absolute Gasteiger partial charge is 0.573 e. The zero-order valence-corrected chi connectivity index (χ0v) is 10.7. The Morgan fingerprint density at radius 2 is 2.10 bits per heavy atom. The first-order valence-electron chi connectivity index (χ1n) is 5.66. The summed E-state index contributed by atoms with van der Waals surface area (Å²) in [5.41, 5.74) is 10.6. The second-order valence-corrected chi connectivity index (χ2v) is 3.72. The first-order valence-corrected chi connectivity index (χ1v) is 5.66. The van der Waals surface area contributed by atoms with E-state index in [0.29, 0.717) is 0 Å². The fraction of sp³-hybridized carbons (Fsp3) is 0.455. The Balaban J connectivity index is 3.18. The zero-order chi connectivity index (χ0) is 15.3. The van der Waals surface area contributed by atoms with Crippen molar-refractivity contribution >= 4 is 11.8 Å². The Hall–Kier alpha value is -2.03. The summed E-state index contributed by atoms with van der Waals surface area (Å²) < 4.78 is 45.7. The number of aromatic nitrogens is 1. The highest BCUT2D eigenvalue weighted by Gasteiger charge is 2.34. The lowest BCUT2D eigenvalue weighted by Gasteiger charge is -2.16. The molecular formula is C11H14F3N3O3. The molecule has 0 saturated carbocycles. The molecular weight excluding hydrogens is 279 g/mol. The topological polar surface area (TPSA) is 100 Å². The van der Waals surface area contributed by atoms with Crippen LogP contribution in [-0.2, 0) is 22.5 Å². The summed E-state index contributed by atoms with van der Waals surface area (Å²) in [5.74, 6) is -1.40. The summed E-state index contributed by atoms with van der Waals surface area (Å²) in [6.07, 6.45) is -5.41. The number of hydrogen-bond acceptors (Lipinski definition) is 6. The minimum absolute atomic E-state index is 0.00845. The van der Waals surface area contributed by atoms with E-state index < -0.39 is 24.5 Å². The smallest absolute Gasteiger partial charge is 0.466 e. The zero-order valence-electron chi connectivity index (χ0n) is 10.7. The number of rotatable bonds is 5. The van der Waals surface area contributed by atoms with Gasteiger partial charge in [0.05, 0.1) is 18.7 Å². The molecule has 1 rings (SSSR count). The van der Waals surface area contributed by atoms with Crippen molar-refractivity contribution in [3.05, 3.63) is 17.3 Å². The highest BCUT2D eigenvalue weighted by molar-refractivity contribution is 5.73. The number of nitrogens with two attached hydrogens (primary N) is 2. The van der Waals surface area contributed by atoms with Crippen LogP contribution in [0.15, 0.2) is 6.07 Å². The van der Waals surface area contributed by atoms with Gasteiger partial charge >= 0.3 is 12.3 Å². The van der Waals surface area contributed by atoms with Crippen molar-refractivity contribution in [1.82, 2.24) is 4.98 Å². The molecule has 1 aromatic heterocycles. The molecule has 112 valence electrons. The maximum atomic E-state index is 12.4. The van der Waals surface area contributed by atoms with Crippen LogP contribution in [0.5, 0.6) is 5.75 Å².